The van der Waals surface area contributed by atoms with Crippen molar-refractivity contribution in [3.05, 3.63) is 36.2 Å². The van der Waals surface area contributed by atoms with E-state index in [4.69, 9.17) is 10.2 Å². The van der Waals surface area contributed by atoms with Gasteiger partial charge in [0.15, 0.2) is 0 Å². The van der Waals surface area contributed by atoms with Crippen LogP contribution in [-0.4, -0.2) is 34.9 Å². The molecule has 7 heteroatoms. The Morgan fingerprint density at radius 3 is 2.75 bits per heavy atom. The van der Waals surface area contributed by atoms with Gasteiger partial charge in [-0.2, -0.15) is 0 Å². The fraction of sp³-hybridized carbons (Fsp3) is 0.353. The van der Waals surface area contributed by atoms with Crippen molar-refractivity contribution in [2.24, 2.45) is 11.7 Å². The number of urea groups is 1. The van der Waals surface area contributed by atoms with Gasteiger partial charge in [0.05, 0.1) is 6.20 Å². The molecule has 0 radical (unpaired) electrons. The summed E-state index contributed by atoms with van der Waals surface area (Å²) in [4.78, 5) is 29.2. The molecule has 1 aliphatic rings. The van der Waals surface area contributed by atoms with Gasteiger partial charge in [-0.05, 0) is 38.0 Å². The van der Waals surface area contributed by atoms with Crippen molar-refractivity contribution in [3.63, 3.8) is 0 Å². The molecule has 7 nitrogen and oxygen atoms in total. The van der Waals surface area contributed by atoms with Gasteiger partial charge < -0.3 is 20.4 Å². The van der Waals surface area contributed by atoms with Crippen molar-refractivity contribution in [1.29, 1.82) is 0 Å². The van der Waals surface area contributed by atoms with E-state index in [-0.39, 0.29) is 23.9 Å². The number of benzene rings is 1. The minimum absolute atomic E-state index is 0.0417. The fourth-order valence-corrected chi connectivity index (χ4v) is 2.73. The van der Waals surface area contributed by atoms with E-state index in [9.17, 15) is 9.59 Å². The second-order valence-electron chi connectivity index (χ2n) is 6.12. The summed E-state index contributed by atoms with van der Waals surface area (Å²) < 4.78 is 5.50. The van der Waals surface area contributed by atoms with Gasteiger partial charge in [-0.25, -0.2) is 9.78 Å². The zero-order valence-corrected chi connectivity index (χ0v) is 13.7. The number of hydrogen-bond acceptors (Lipinski definition) is 4. The Hall–Kier alpha value is -2.83. The number of primary amides is 1. The van der Waals surface area contributed by atoms with E-state index < -0.39 is 0 Å². The van der Waals surface area contributed by atoms with E-state index >= 15 is 0 Å². The first-order chi connectivity index (χ1) is 11.4. The van der Waals surface area contributed by atoms with Crippen LogP contribution in [0.2, 0.25) is 0 Å². The first-order valence-corrected chi connectivity index (χ1v) is 7.80. The standard InChI is InChI=1S/C17H20N4O3/c1-10-9-19-16(24-10)11-4-3-5-13(6-11)20-17(23)21(2)14-7-12(8-14)15(18)22/h3-6,9,12,14H,7-8H2,1-2H3,(H2,18,22)(H,20,23). The molecule has 0 aliphatic heterocycles. The summed E-state index contributed by atoms with van der Waals surface area (Å²) in [5, 5.41) is 2.85. The lowest BCUT2D eigenvalue weighted by molar-refractivity contribution is -0.125. The zero-order chi connectivity index (χ0) is 17.3. The largest absolute Gasteiger partial charge is 0.441 e. The number of hydrogen-bond donors (Lipinski definition) is 2. The number of aromatic nitrogens is 1. The summed E-state index contributed by atoms with van der Waals surface area (Å²) in [6.07, 6.45) is 2.89. The van der Waals surface area contributed by atoms with Crippen LogP contribution in [0.5, 0.6) is 0 Å². The first kappa shape index (κ1) is 16.0. The lowest BCUT2D eigenvalue weighted by Crippen LogP contribution is -2.50. The topological polar surface area (TPSA) is 101 Å². The predicted molar refractivity (Wildman–Crippen MR) is 89.2 cm³/mol. The molecular formula is C17H20N4O3. The van der Waals surface area contributed by atoms with Crippen LogP contribution in [0.3, 0.4) is 0 Å². The summed E-state index contributed by atoms with van der Waals surface area (Å²) in [7, 11) is 1.72. The normalized spacial score (nSPS) is 19.4. The molecule has 0 spiro atoms. The summed E-state index contributed by atoms with van der Waals surface area (Å²) in [6, 6.07) is 7.14. The van der Waals surface area contributed by atoms with E-state index in [0.29, 0.717) is 24.4 Å². The second-order valence-corrected chi connectivity index (χ2v) is 6.12. The molecule has 1 fully saturated rings. The Balaban J connectivity index is 1.63. The number of nitrogens with two attached hydrogens (primary N) is 1. The Kier molecular flexibility index (Phi) is 4.24. The molecule has 0 atom stereocenters. The maximum absolute atomic E-state index is 12.3. The van der Waals surface area contributed by atoms with Crippen LogP contribution in [0.25, 0.3) is 11.5 Å². The minimum Gasteiger partial charge on any atom is -0.441 e. The van der Waals surface area contributed by atoms with Gasteiger partial charge in [0.1, 0.15) is 5.76 Å². The smallest absolute Gasteiger partial charge is 0.321 e. The number of aryl methyl sites for hydroxylation is 1. The van der Waals surface area contributed by atoms with Crippen molar-refractivity contribution in [2.75, 3.05) is 12.4 Å². The number of oxazole rings is 1. The third-order valence-corrected chi connectivity index (χ3v) is 4.37. The SMILES string of the molecule is Cc1cnc(-c2cccc(NC(=O)N(C)C3CC(C(N)=O)C3)c2)o1. The van der Waals surface area contributed by atoms with Crippen LogP contribution >= 0.6 is 0 Å². The van der Waals surface area contributed by atoms with E-state index in [1.165, 1.54) is 0 Å². The van der Waals surface area contributed by atoms with Crippen LogP contribution in [0.15, 0.2) is 34.9 Å². The molecule has 3 rings (SSSR count). The van der Waals surface area contributed by atoms with Crippen molar-refractivity contribution in [1.82, 2.24) is 9.88 Å². The van der Waals surface area contributed by atoms with Gasteiger partial charge in [0.2, 0.25) is 11.8 Å². The molecule has 3 N–H and O–H groups in total. The molecule has 1 aromatic heterocycles. The van der Waals surface area contributed by atoms with Crippen molar-refractivity contribution >= 4 is 17.6 Å². The third-order valence-electron chi connectivity index (χ3n) is 4.37. The summed E-state index contributed by atoms with van der Waals surface area (Å²) in [5.41, 5.74) is 6.71. The quantitative estimate of drug-likeness (QED) is 0.899. The van der Waals surface area contributed by atoms with Crippen molar-refractivity contribution in [3.8, 4) is 11.5 Å². The average Bonchev–Trinajstić information content (AvgIpc) is 2.92. The number of nitrogens with one attached hydrogen (secondary N) is 1. The van der Waals surface area contributed by atoms with Crippen LogP contribution < -0.4 is 11.1 Å². The Morgan fingerprint density at radius 2 is 2.12 bits per heavy atom. The van der Waals surface area contributed by atoms with Gasteiger partial charge in [-0.3, -0.25) is 4.79 Å². The molecule has 1 aliphatic carbocycles. The highest BCUT2D eigenvalue weighted by Crippen LogP contribution is 2.31. The molecule has 1 aromatic carbocycles. The summed E-state index contributed by atoms with van der Waals surface area (Å²) in [6.45, 7) is 1.83. The number of rotatable bonds is 4. The zero-order valence-electron chi connectivity index (χ0n) is 13.7. The third kappa shape index (κ3) is 3.24. The van der Waals surface area contributed by atoms with Gasteiger partial charge in [0, 0.05) is 30.3 Å². The fourth-order valence-electron chi connectivity index (χ4n) is 2.73. The maximum Gasteiger partial charge on any atom is 0.321 e. The van der Waals surface area contributed by atoms with Crippen molar-refractivity contribution in [2.45, 2.75) is 25.8 Å². The Labute approximate surface area is 139 Å². The van der Waals surface area contributed by atoms with Crippen LogP contribution in [0.1, 0.15) is 18.6 Å². The lowest BCUT2D eigenvalue weighted by Gasteiger charge is -2.39. The highest BCUT2D eigenvalue weighted by molar-refractivity contribution is 5.90. The van der Waals surface area contributed by atoms with Gasteiger partial charge in [0.25, 0.3) is 0 Å². The van der Waals surface area contributed by atoms with E-state index in [0.717, 1.165) is 11.3 Å². The second kappa shape index (κ2) is 6.35. The molecule has 3 amide bonds. The van der Waals surface area contributed by atoms with E-state index in [1.807, 2.05) is 25.1 Å². The van der Waals surface area contributed by atoms with E-state index in [2.05, 4.69) is 10.3 Å². The number of anilines is 1. The van der Waals surface area contributed by atoms with Gasteiger partial charge in [-0.15, -0.1) is 0 Å². The van der Waals surface area contributed by atoms with Gasteiger partial charge in [-0.1, -0.05) is 6.07 Å². The van der Waals surface area contributed by atoms with E-state index in [1.54, 1.807) is 24.2 Å². The van der Waals surface area contributed by atoms with Crippen LogP contribution in [0, 0.1) is 12.8 Å². The van der Waals surface area contributed by atoms with Crippen molar-refractivity contribution < 1.29 is 14.0 Å². The average molecular weight is 328 g/mol. The molecule has 0 unspecified atom stereocenters. The monoisotopic (exact) mass is 328 g/mol. The Bertz CT molecular complexity index is 765. The number of amides is 3. The summed E-state index contributed by atoms with van der Waals surface area (Å²) in [5.74, 6) is 0.823. The Morgan fingerprint density at radius 1 is 1.38 bits per heavy atom. The number of nitrogens with zero attached hydrogens (tertiary/aromatic N) is 2. The molecule has 2 aromatic rings. The highest BCUT2D eigenvalue weighted by atomic mass is 16.4. The first-order valence-electron chi connectivity index (χ1n) is 7.80. The molecule has 1 saturated carbocycles. The van der Waals surface area contributed by atoms with Crippen LogP contribution in [0.4, 0.5) is 10.5 Å². The number of carbonyl (C=O) groups excluding carboxylic acids is 2. The predicted octanol–water partition coefficient (Wildman–Crippen LogP) is 2.38. The molecule has 24 heavy (non-hydrogen) atoms. The molecular weight excluding hydrogens is 308 g/mol. The minimum atomic E-state index is -0.297. The molecule has 1 heterocycles. The molecule has 0 saturated heterocycles. The number of carbonyl (C=O) groups is 2. The molecule has 0 bridgehead atoms. The molecule has 126 valence electrons. The highest BCUT2D eigenvalue weighted by Gasteiger charge is 2.37. The van der Waals surface area contributed by atoms with Crippen LogP contribution in [-0.2, 0) is 4.79 Å². The summed E-state index contributed by atoms with van der Waals surface area (Å²) >= 11 is 0. The van der Waals surface area contributed by atoms with Gasteiger partial charge >= 0.3 is 6.03 Å². The lowest BCUT2D eigenvalue weighted by atomic mass is 9.79. The maximum atomic E-state index is 12.3.